The van der Waals surface area contributed by atoms with Crippen molar-refractivity contribution in [1.29, 1.82) is 5.26 Å². The molecule has 3 rings (SSSR count). The summed E-state index contributed by atoms with van der Waals surface area (Å²) in [5.41, 5.74) is 0.842. The van der Waals surface area contributed by atoms with Crippen LogP contribution in [0, 0.1) is 21.4 Å². The van der Waals surface area contributed by atoms with E-state index in [4.69, 9.17) is 0 Å². The van der Waals surface area contributed by atoms with Gasteiger partial charge in [0.05, 0.1) is 11.5 Å². The van der Waals surface area contributed by atoms with E-state index >= 15 is 0 Å². The van der Waals surface area contributed by atoms with Gasteiger partial charge in [0.1, 0.15) is 11.6 Å². The molecule has 2 saturated heterocycles. The minimum Gasteiger partial charge on any atom is -0.395 e. The first-order valence-corrected chi connectivity index (χ1v) is 8.44. The molecule has 0 aromatic heterocycles. The van der Waals surface area contributed by atoms with Crippen LogP contribution >= 0.6 is 0 Å². The van der Waals surface area contributed by atoms with Crippen molar-refractivity contribution in [3.8, 4) is 6.07 Å². The number of nitrogens with zero attached hydrogens (tertiary/aromatic N) is 4. The van der Waals surface area contributed by atoms with Crippen molar-refractivity contribution < 1.29 is 10.0 Å². The Bertz CT molecular complexity index is 658. The summed E-state index contributed by atoms with van der Waals surface area (Å²) in [6, 6.07) is 7.30. The molecular formula is C17H22N4O3. The summed E-state index contributed by atoms with van der Waals surface area (Å²) in [6.45, 7) is 3.00. The molecule has 0 bridgehead atoms. The van der Waals surface area contributed by atoms with Crippen molar-refractivity contribution in [2.24, 2.45) is 0 Å². The third kappa shape index (κ3) is 3.21. The van der Waals surface area contributed by atoms with Crippen molar-refractivity contribution in [3.63, 3.8) is 0 Å². The highest BCUT2D eigenvalue weighted by Gasteiger charge is 2.32. The Morgan fingerprint density at radius 2 is 2.04 bits per heavy atom. The number of anilines is 1. The first-order valence-electron chi connectivity index (χ1n) is 8.44. The molecule has 2 atom stereocenters. The van der Waals surface area contributed by atoms with Crippen molar-refractivity contribution in [2.75, 3.05) is 31.1 Å². The quantitative estimate of drug-likeness (QED) is 0.654. The maximum atomic E-state index is 11.0. The molecule has 7 nitrogen and oxygen atoms in total. The number of hydrogen-bond donors (Lipinski definition) is 1. The fourth-order valence-electron chi connectivity index (χ4n) is 3.93. The standard InChI is InChI=1S/C17H22N4O3/c18-10-13-9-14(5-6-17(13)21(23)24)20-8-2-3-15(20)11-19-7-1-4-16(19)12-22/h5-6,9,15-16,22H,1-4,7-8,11-12H2/t15-,16+/m0/s1. The molecule has 0 spiro atoms. The number of nitriles is 1. The number of aliphatic hydroxyl groups excluding tert-OH is 1. The van der Waals surface area contributed by atoms with Gasteiger partial charge in [0, 0.05) is 36.9 Å². The highest BCUT2D eigenvalue weighted by atomic mass is 16.6. The second-order valence-electron chi connectivity index (χ2n) is 6.53. The number of hydrogen-bond acceptors (Lipinski definition) is 6. The van der Waals surface area contributed by atoms with Crippen molar-refractivity contribution >= 4 is 11.4 Å². The van der Waals surface area contributed by atoms with E-state index in [0.717, 1.165) is 51.0 Å². The molecule has 0 amide bonds. The van der Waals surface area contributed by atoms with E-state index in [2.05, 4.69) is 9.80 Å². The molecule has 0 saturated carbocycles. The Morgan fingerprint density at radius 1 is 1.29 bits per heavy atom. The fraction of sp³-hybridized carbons (Fsp3) is 0.588. The highest BCUT2D eigenvalue weighted by Crippen LogP contribution is 2.31. The monoisotopic (exact) mass is 330 g/mol. The number of nitro groups is 1. The number of likely N-dealkylation sites (tertiary alicyclic amines) is 1. The van der Waals surface area contributed by atoms with E-state index in [1.807, 2.05) is 6.07 Å². The number of benzene rings is 1. The summed E-state index contributed by atoms with van der Waals surface area (Å²) in [5.74, 6) is 0. The zero-order chi connectivity index (χ0) is 17.1. The zero-order valence-electron chi connectivity index (χ0n) is 13.6. The summed E-state index contributed by atoms with van der Waals surface area (Å²) in [6.07, 6.45) is 4.29. The van der Waals surface area contributed by atoms with Gasteiger partial charge in [-0.2, -0.15) is 5.26 Å². The largest absolute Gasteiger partial charge is 0.395 e. The molecule has 2 heterocycles. The van der Waals surface area contributed by atoms with Crippen LogP contribution in [0.4, 0.5) is 11.4 Å². The molecule has 24 heavy (non-hydrogen) atoms. The molecule has 2 fully saturated rings. The molecule has 0 unspecified atom stereocenters. The van der Waals surface area contributed by atoms with E-state index in [1.54, 1.807) is 12.1 Å². The first kappa shape index (κ1) is 16.7. The third-order valence-corrected chi connectivity index (χ3v) is 5.16. The van der Waals surface area contributed by atoms with Crippen LogP contribution in [0.15, 0.2) is 18.2 Å². The van der Waals surface area contributed by atoms with Crippen LogP contribution in [0.5, 0.6) is 0 Å². The lowest BCUT2D eigenvalue weighted by atomic mass is 10.1. The maximum Gasteiger partial charge on any atom is 0.287 e. The van der Waals surface area contributed by atoms with Gasteiger partial charge in [0.15, 0.2) is 0 Å². The summed E-state index contributed by atoms with van der Waals surface area (Å²) in [7, 11) is 0. The smallest absolute Gasteiger partial charge is 0.287 e. The lowest BCUT2D eigenvalue weighted by molar-refractivity contribution is -0.385. The van der Waals surface area contributed by atoms with Gasteiger partial charge in [-0.15, -0.1) is 0 Å². The molecular weight excluding hydrogens is 308 g/mol. The van der Waals surface area contributed by atoms with Gasteiger partial charge in [-0.05, 0) is 44.4 Å². The number of rotatable bonds is 5. The predicted octanol–water partition coefficient (Wildman–Crippen LogP) is 1.89. The second kappa shape index (κ2) is 7.16. The predicted molar refractivity (Wildman–Crippen MR) is 89.9 cm³/mol. The van der Waals surface area contributed by atoms with E-state index < -0.39 is 4.92 Å². The minimum absolute atomic E-state index is 0.109. The number of aliphatic hydroxyl groups is 1. The molecule has 7 heteroatoms. The molecule has 1 aromatic carbocycles. The Morgan fingerprint density at radius 3 is 2.75 bits per heavy atom. The Labute approximate surface area is 141 Å². The summed E-state index contributed by atoms with van der Waals surface area (Å²) >= 11 is 0. The molecule has 2 aliphatic rings. The van der Waals surface area contributed by atoms with Crippen LogP contribution in [0.2, 0.25) is 0 Å². The van der Waals surface area contributed by atoms with Crippen LogP contribution < -0.4 is 4.90 Å². The molecule has 1 aromatic rings. The average molecular weight is 330 g/mol. The molecule has 128 valence electrons. The lowest BCUT2D eigenvalue weighted by Crippen LogP contribution is -2.43. The van der Waals surface area contributed by atoms with Crippen molar-refractivity contribution in [2.45, 2.75) is 37.8 Å². The molecule has 0 radical (unpaired) electrons. The Kier molecular flexibility index (Phi) is 4.97. The summed E-state index contributed by atoms with van der Waals surface area (Å²) < 4.78 is 0. The normalized spacial score (nSPS) is 24.2. The summed E-state index contributed by atoms with van der Waals surface area (Å²) in [4.78, 5) is 15.1. The van der Waals surface area contributed by atoms with Gasteiger partial charge < -0.3 is 10.0 Å². The van der Waals surface area contributed by atoms with Gasteiger partial charge in [-0.25, -0.2) is 0 Å². The van der Waals surface area contributed by atoms with Gasteiger partial charge >= 0.3 is 0 Å². The Balaban J connectivity index is 1.78. The summed E-state index contributed by atoms with van der Waals surface area (Å²) in [5, 5.41) is 29.7. The van der Waals surface area contributed by atoms with Gasteiger partial charge in [-0.3, -0.25) is 15.0 Å². The first-order chi connectivity index (χ1) is 11.6. The van der Waals surface area contributed by atoms with E-state index in [0.29, 0.717) is 6.04 Å². The lowest BCUT2D eigenvalue weighted by Gasteiger charge is -2.32. The van der Waals surface area contributed by atoms with E-state index in [1.165, 1.54) is 6.07 Å². The average Bonchev–Trinajstić information content (AvgIpc) is 3.23. The van der Waals surface area contributed by atoms with Gasteiger partial charge in [0.25, 0.3) is 5.69 Å². The molecule has 0 aliphatic carbocycles. The minimum atomic E-state index is -0.514. The SMILES string of the molecule is N#Cc1cc(N2CCC[C@H]2CN2CCC[C@@H]2CO)ccc1[N+](=O)[O-]. The highest BCUT2D eigenvalue weighted by molar-refractivity contribution is 5.60. The maximum absolute atomic E-state index is 11.0. The van der Waals surface area contributed by atoms with E-state index in [-0.39, 0.29) is 23.9 Å². The molecule has 1 N–H and O–H groups in total. The fourth-order valence-corrected chi connectivity index (χ4v) is 3.93. The van der Waals surface area contributed by atoms with Gasteiger partial charge in [-0.1, -0.05) is 0 Å². The topological polar surface area (TPSA) is 93.6 Å². The number of nitro benzene ring substituents is 1. The third-order valence-electron chi connectivity index (χ3n) is 5.16. The van der Waals surface area contributed by atoms with E-state index in [9.17, 15) is 20.5 Å². The van der Waals surface area contributed by atoms with Crippen LogP contribution in [0.25, 0.3) is 0 Å². The van der Waals surface area contributed by atoms with Crippen molar-refractivity contribution in [3.05, 3.63) is 33.9 Å². The van der Waals surface area contributed by atoms with Crippen LogP contribution in [-0.2, 0) is 0 Å². The van der Waals surface area contributed by atoms with Crippen molar-refractivity contribution in [1.82, 2.24) is 4.90 Å². The molecule has 2 aliphatic heterocycles. The van der Waals surface area contributed by atoms with Crippen LogP contribution in [0.1, 0.15) is 31.2 Å². The van der Waals surface area contributed by atoms with Crippen LogP contribution in [0.3, 0.4) is 0 Å². The van der Waals surface area contributed by atoms with Crippen LogP contribution in [-0.4, -0.2) is 53.3 Å². The second-order valence-corrected chi connectivity index (χ2v) is 6.53. The van der Waals surface area contributed by atoms with Gasteiger partial charge in [0.2, 0.25) is 0 Å². The zero-order valence-corrected chi connectivity index (χ0v) is 13.6. The Hall–Kier alpha value is -2.17.